The third-order valence-corrected chi connectivity index (χ3v) is 5.16. The lowest BCUT2D eigenvalue weighted by Gasteiger charge is -2.13. The molecule has 3 aromatic rings. The Morgan fingerprint density at radius 2 is 1.90 bits per heavy atom. The van der Waals surface area contributed by atoms with Crippen LogP contribution in [0, 0.1) is 12.8 Å². The third kappa shape index (κ3) is 4.24. The maximum absolute atomic E-state index is 6.11. The van der Waals surface area contributed by atoms with Gasteiger partial charge in [-0.15, -0.1) is 0 Å². The van der Waals surface area contributed by atoms with Crippen LogP contribution in [0.5, 0.6) is 17.4 Å². The summed E-state index contributed by atoms with van der Waals surface area (Å²) >= 11 is 6.09. The topological polar surface area (TPSA) is 79.2 Å². The lowest BCUT2D eigenvalue weighted by Crippen LogP contribution is -2.06. The van der Waals surface area contributed by atoms with Crippen molar-refractivity contribution in [3.63, 3.8) is 0 Å². The third-order valence-electron chi connectivity index (χ3n) is 4.95. The van der Waals surface area contributed by atoms with Gasteiger partial charge in [-0.2, -0.15) is 4.98 Å². The second kappa shape index (κ2) is 8.21. The predicted molar refractivity (Wildman–Crippen MR) is 109 cm³/mol. The first kappa shape index (κ1) is 19.4. The van der Waals surface area contributed by atoms with E-state index in [0.717, 1.165) is 29.0 Å². The van der Waals surface area contributed by atoms with Crippen LogP contribution in [0.3, 0.4) is 0 Å². The van der Waals surface area contributed by atoms with Crippen molar-refractivity contribution in [2.24, 2.45) is 5.92 Å². The van der Waals surface area contributed by atoms with Crippen LogP contribution in [0.2, 0.25) is 5.15 Å². The summed E-state index contributed by atoms with van der Waals surface area (Å²) in [5, 5.41) is 0.361. The molecule has 0 N–H and O–H groups in total. The molecule has 0 aromatic carbocycles. The number of rotatable bonds is 7. The van der Waals surface area contributed by atoms with E-state index in [2.05, 4.69) is 19.9 Å². The molecule has 0 bridgehead atoms. The lowest BCUT2D eigenvalue weighted by atomic mass is 10.1. The van der Waals surface area contributed by atoms with E-state index in [9.17, 15) is 0 Å². The maximum atomic E-state index is 6.11. The standard InChI is InChI=1S/C21H21ClN4O3/c1-12-23-9-17(16-7-20(22)25-10-19(16)28-3)21(26-12)29-11-13-6-15(13)18-5-4-14(27-2)8-24-18/h4-5,7-10,13,15H,6,11H2,1-3H3/t13?,15-/m1/s1. The molecule has 1 fully saturated rings. The van der Waals surface area contributed by atoms with Crippen LogP contribution < -0.4 is 14.2 Å². The molecule has 1 aliphatic carbocycles. The van der Waals surface area contributed by atoms with E-state index in [4.69, 9.17) is 25.8 Å². The molecular weight excluding hydrogens is 392 g/mol. The number of aromatic nitrogens is 4. The summed E-state index contributed by atoms with van der Waals surface area (Å²) in [6.45, 7) is 2.37. The molecule has 0 spiro atoms. The van der Waals surface area contributed by atoms with Crippen LogP contribution in [0.15, 0.2) is 36.8 Å². The van der Waals surface area contributed by atoms with Crippen molar-refractivity contribution >= 4 is 11.6 Å². The fourth-order valence-electron chi connectivity index (χ4n) is 3.25. The Balaban J connectivity index is 1.51. The predicted octanol–water partition coefficient (Wildman–Crippen LogP) is 4.10. The minimum absolute atomic E-state index is 0.361. The summed E-state index contributed by atoms with van der Waals surface area (Å²) in [6, 6.07) is 5.67. The first-order chi connectivity index (χ1) is 14.1. The van der Waals surface area contributed by atoms with Gasteiger partial charge in [0, 0.05) is 29.3 Å². The number of hydrogen-bond acceptors (Lipinski definition) is 7. The van der Waals surface area contributed by atoms with Gasteiger partial charge in [0.05, 0.1) is 38.8 Å². The molecule has 3 aromatic heterocycles. The smallest absolute Gasteiger partial charge is 0.224 e. The highest BCUT2D eigenvalue weighted by molar-refractivity contribution is 6.29. The summed E-state index contributed by atoms with van der Waals surface area (Å²) in [5.74, 6) is 3.25. The Labute approximate surface area is 174 Å². The molecular formula is C21H21ClN4O3. The SMILES string of the molecule is COc1ccc([C@@H]2CC2COc2nc(C)ncc2-c2cc(Cl)ncc2OC)nc1. The molecule has 3 heterocycles. The van der Waals surface area contributed by atoms with E-state index in [1.807, 2.05) is 19.1 Å². The Morgan fingerprint density at radius 3 is 2.62 bits per heavy atom. The number of pyridine rings is 2. The number of halogens is 1. The van der Waals surface area contributed by atoms with Crippen molar-refractivity contribution < 1.29 is 14.2 Å². The van der Waals surface area contributed by atoms with Gasteiger partial charge in [-0.3, -0.25) is 4.98 Å². The molecule has 8 heteroatoms. The van der Waals surface area contributed by atoms with Crippen LogP contribution in [0.25, 0.3) is 11.1 Å². The Kier molecular flexibility index (Phi) is 5.49. The monoisotopic (exact) mass is 412 g/mol. The van der Waals surface area contributed by atoms with E-state index in [-0.39, 0.29) is 0 Å². The van der Waals surface area contributed by atoms with Crippen LogP contribution in [-0.2, 0) is 0 Å². The fourth-order valence-corrected chi connectivity index (χ4v) is 3.40. The van der Waals surface area contributed by atoms with Gasteiger partial charge in [0.2, 0.25) is 5.88 Å². The van der Waals surface area contributed by atoms with E-state index >= 15 is 0 Å². The molecule has 0 saturated heterocycles. The molecule has 0 amide bonds. The van der Waals surface area contributed by atoms with Crippen molar-refractivity contribution in [2.75, 3.05) is 20.8 Å². The molecule has 1 saturated carbocycles. The average Bonchev–Trinajstić information content (AvgIpc) is 3.52. The van der Waals surface area contributed by atoms with Gasteiger partial charge in [-0.25, -0.2) is 9.97 Å². The van der Waals surface area contributed by atoms with E-state index in [1.165, 1.54) is 0 Å². The van der Waals surface area contributed by atoms with Crippen molar-refractivity contribution in [1.29, 1.82) is 0 Å². The summed E-state index contributed by atoms with van der Waals surface area (Å²) in [7, 11) is 3.22. The van der Waals surface area contributed by atoms with Gasteiger partial charge in [0.25, 0.3) is 0 Å². The van der Waals surface area contributed by atoms with E-state index in [1.54, 1.807) is 38.9 Å². The summed E-state index contributed by atoms with van der Waals surface area (Å²) in [6.07, 6.45) is 6.08. The highest BCUT2D eigenvalue weighted by Gasteiger charge is 2.40. The first-order valence-corrected chi connectivity index (χ1v) is 9.63. The minimum atomic E-state index is 0.361. The largest absolute Gasteiger partial charge is 0.495 e. The molecule has 29 heavy (non-hydrogen) atoms. The zero-order chi connectivity index (χ0) is 20.4. The molecule has 1 aliphatic rings. The van der Waals surface area contributed by atoms with Gasteiger partial charge in [-0.1, -0.05) is 11.6 Å². The highest BCUT2D eigenvalue weighted by Crippen LogP contribution is 2.47. The molecule has 150 valence electrons. The molecule has 7 nitrogen and oxygen atoms in total. The van der Waals surface area contributed by atoms with Gasteiger partial charge < -0.3 is 14.2 Å². The second-order valence-electron chi connectivity index (χ2n) is 6.88. The summed E-state index contributed by atoms with van der Waals surface area (Å²) in [5.41, 5.74) is 2.52. The fraction of sp³-hybridized carbons (Fsp3) is 0.333. The highest BCUT2D eigenvalue weighted by atomic mass is 35.5. The number of nitrogens with zero attached hydrogens (tertiary/aromatic N) is 4. The summed E-state index contributed by atoms with van der Waals surface area (Å²) < 4.78 is 16.7. The number of hydrogen-bond donors (Lipinski definition) is 0. The molecule has 0 radical (unpaired) electrons. The normalized spacial score (nSPS) is 17.7. The van der Waals surface area contributed by atoms with Crippen molar-refractivity contribution in [3.05, 3.63) is 53.5 Å². The van der Waals surface area contributed by atoms with Crippen molar-refractivity contribution in [1.82, 2.24) is 19.9 Å². The Bertz CT molecular complexity index is 1010. The quantitative estimate of drug-likeness (QED) is 0.540. The number of ether oxygens (including phenoxy) is 3. The van der Waals surface area contributed by atoms with Gasteiger partial charge in [0.15, 0.2) is 0 Å². The number of methoxy groups -OCH3 is 2. The Hall–Kier alpha value is -2.93. The van der Waals surface area contributed by atoms with Crippen LogP contribution in [0.1, 0.15) is 23.9 Å². The first-order valence-electron chi connectivity index (χ1n) is 9.25. The van der Waals surface area contributed by atoms with Crippen LogP contribution in [0.4, 0.5) is 0 Å². The van der Waals surface area contributed by atoms with Crippen molar-refractivity contribution in [2.45, 2.75) is 19.3 Å². The lowest BCUT2D eigenvalue weighted by molar-refractivity contribution is 0.285. The summed E-state index contributed by atoms with van der Waals surface area (Å²) in [4.78, 5) is 17.4. The average molecular weight is 413 g/mol. The second-order valence-corrected chi connectivity index (χ2v) is 7.27. The van der Waals surface area contributed by atoms with E-state index in [0.29, 0.717) is 41.0 Å². The minimum Gasteiger partial charge on any atom is -0.495 e. The zero-order valence-corrected chi connectivity index (χ0v) is 17.2. The van der Waals surface area contributed by atoms with Crippen LogP contribution in [-0.4, -0.2) is 40.8 Å². The van der Waals surface area contributed by atoms with Gasteiger partial charge >= 0.3 is 0 Å². The van der Waals surface area contributed by atoms with Crippen LogP contribution >= 0.6 is 11.6 Å². The molecule has 1 unspecified atom stereocenters. The zero-order valence-electron chi connectivity index (χ0n) is 16.4. The molecule has 2 atom stereocenters. The van der Waals surface area contributed by atoms with Crippen molar-refractivity contribution in [3.8, 4) is 28.5 Å². The molecule has 4 rings (SSSR count). The van der Waals surface area contributed by atoms with Gasteiger partial charge in [0.1, 0.15) is 22.5 Å². The molecule has 0 aliphatic heterocycles. The maximum Gasteiger partial charge on any atom is 0.224 e. The van der Waals surface area contributed by atoms with Gasteiger partial charge in [-0.05, 0) is 31.5 Å². The number of aryl methyl sites for hydroxylation is 1. The van der Waals surface area contributed by atoms with E-state index < -0.39 is 0 Å². The Morgan fingerprint density at radius 1 is 1.03 bits per heavy atom.